The van der Waals surface area contributed by atoms with Gasteiger partial charge in [-0.05, 0) is 31.0 Å². The molecule has 0 bridgehead atoms. The summed E-state index contributed by atoms with van der Waals surface area (Å²) < 4.78 is 20.4. The maximum absolute atomic E-state index is 14.6. The second-order valence-electron chi connectivity index (χ2n) is 6.64. The second-order valence-corrected chi connectivity index (χ2v) is 6.64. The molecule has 0 aliphatic carbocycles. The summed E-state index contributed by atoms with van der Waals surface area (Å²) in [5, 5.41) is 0.337. The van der Waals surface area contributed by atoms with Crippen molar-refractivity contribution in [1.82, 2.24) is 15.0 Å². The van der Waals surface area contributed by atoms with Crippen LogP contribution < -0.4 is 16.0 Å². The molecule has 4 aromatic rings. The third-order valence-electron chi connectivity index (χ3n) is 4.90. The van der Waals surface area contributed by atoms with Gasteiger partial charge in [-0.1, -0.05) is 0 Å². The minimum Gasteiger partial charge on any atom is -0.453 e. The van der Waals surface area contributed by atoms with E-state index in [9.17, 15) is 14.0 Å². The first-order chi connectivity index (χ1) is 13.1. The Hall–Kier alpha value is -3.42. The zero-order chi connectivity index (χ0) is 18.5. The highest BCUT2D eigenvalue weighted by Crippen LogP contribution is 2.28. The summed E-state index contributed by atoms with van der Waals surface area (Å²) >= 11 is 0. The SMILES string of the molecule is O=c1[nH]c2ccc3c(=O)cc(-c4cnc(N5CCCC5)c(F)c4)oc3c2[nH]1. The van der Waals surface area contributed by atoms with Gasteiger partial charge in [0.15, 0.2) is 22.6 Å². The molecule has 1 saturated heterocycles. The van der Waals surface area contributed by atoms with Gasteiger partial charge in [-0.3, -0.25) is 4.79 Å². The molecule has 27 heavy (non-hydrogen) atoms. The molecule has 1 aliphatic rings. The van der Waals surface area contributed by atoms with E-state index in [1.54, 1.807) is 12.1 Å². The van der Waals surface area contributed by atoms with Gasteiger partial charge >= 0.3 is 5.69 Å². The van der Waals surface area contributed by atoms with Crippen LogP contribution in [0.4, 0.5) is 10.2 Å². The smallest absolute Gasteiger partial charge is 0.323 e. The molecule has 0 unspecified atom stereocenters. The van der Waals surface area contributed by atoms with Crippen LogP contribution >= 0.6 is 0 Å². The standard InChI is InChI=1S/C19H15FN4O3/c20-12-7-10(9-21-18(12)24-5-1-2-6-24)15-8-14(25)11-3-4-13-16(17(11)27-15)23-19(26)22-13/h3-4,7-9H,1-2,5-6H2,(H2,22,23,26). The average Bonchev–Trinajstić information content (AvgIpc) is 3.30. The van der Waals surface area contributed by atoms with E-state index in [4.69, 9.17) is 4.42 Å². The molecule has 7 nitrogen and oxygen atoms in total. The molecule has 0 radical (unpaired) electrons. The number of hydrogen-bond acceptors (Lipinski definition) is 5. The molecule has 0 saturated carbocycles. The normalized spacial score (nSPS) is 14.5. The molecule has 2 N–H and O–H groups in total. The van der Waals surface area contributed by atoms with Gasteiger partial charge in [0.2, 0.25) is 0 Å². The number of aromatic nitrogens is 3. The van der Waals surface area contributed by atoms with Crippen LogP contribution in [0.1, 0.15) is 12.8 Å². The molecular weight excluding hydrogens is 351 g/mol. The van der Waals surface area contributed by atoms with Crippen LogP contribution in [0.5, 0.6) is 0 Å². The number of rotatable bonds is 2. The lowest BCUT2D eigenvalue weighted by Gasteiger charge is -2.17. The van der Waals surface area contributed by atoms with Gasteiger partial charge in [0.25, 0.3) is 0 Å². The van der Waals surface area contributed by atoms with Crippen molar-refractivity contribution < 1.29 is 8.81 Å². The minimum absolute atomic E-state index is 0.196. The molecule has 0 amide bonds. The molecule has 1 aliphatic heterocycles. The lowest BCUT2D eigenvalue weighted by Crippen LogP contribution is -2.20. The van der Waals surface area contributed by atoms with Crippen LogP contribution in [0, 0.1) is 5.82 Å². The summed E-state index contributed by atoms with van der Waals surface area (Å²) in [6.45, 7) is 1.57. The molecule has 1 aromatic carbocycles. The fourth-order valence-corrected chi connectivity index (χ4v) is 3.58. The zero-order valence-electron chi connectivity index (χ0n) is 14.2. The molecule has 136 valence electrons. The first kappa shape index (κ1) is 15.8. The molecular formula is C19H15FN4O3. The summed E-state index contributed by atoms with van der Waals surface area (Å²) in [6, 6.07) is 5.86. The van der Waals surface area contributed by atoms with Gasteiger partial charge in [-0.25, -0.2) is 14.2 Å². The summed E-state index contributed by atoms with van der Waals surface area (Å²) in [5.74, 6) is 0.0589. The highest BCUT2D eigenvalue weighted by atomic mass is 19.1. The molecule has 0 spiro atoms. The number of H-pyrrole nitrogens is 2. The lowest BCUT2D eigenvalue weighted by atomic mass is 10.1. The maximum atomic E-state index is 14.6. The van der Waals surface area contributed by atoms with Crippen LogP contribution in [-0.2, 0) is 0 Å². The maximum Gasteiger partial charge on any atom is 0.323 e. The van der Waals surface area contributed by atoms with Crippen molar-refractivity contribution in [1.29, 1.82) is 0 Å². The first-order valence-electron chi connectivity index (χ1n) is 8.70. The van der Waals surface area contributed by atoms with Crippen LogP contribution in [0.25, 0.3) is 33.3 Å². The highest BCUT2D eigenvalue weighted by Gasteiger charge is 2.19. The van der Waals surface area contributed by atoms with Crippen molar-refractivity contribution in [2.24, 2.45) is 0 Å². The van der Waals surface area contributed by atoms with Gasteiger partial charge in [0.05, 0.1) is 10.9 Å². The fraction of sp³-hybridized carbons (Fsp3) is 0.211. The number of anilines is 1. The van der Waals surface area contributed by atoms with Crippen LogP contribution in [0.15, 0.2) is 44.5 Å². The summed E-state index contributed by atoms with van der Waals surface area (Å²) in [6.07, 6.45) is 3.54. The third kappa shape index (κ3) is 2.52. The number of nitrogens with one attached hydrogen (secondary N) is 2. The summed E-state index contributed by atoms with van der Waals surface area (Å²) in [7, 11) is 0. The van der Waals surface area contributed by atoms with Crippen LogP contribution in [-0.4, -0.2) is 28.0 Å². The van der Waals surface area contributed by atoms with E-state index in [2.05, 4.69) is 15.0 Å². The van der Waals surface area contributed by atoms with E-state index in [-0.39, 0.29) is 16.8 Å². The molecule has 5 rings (SSSR count). The monoisotopic (exact) mass is 366 g/mol. The number of aromatic amines is 2. The van der Waals surface area contributed by atoms with Crippen molar-refractivity contribution in [2.45, 2.75) is 12.8 Å². The largest absolute Gasteiger partial charge is 0.453 e. The summed E-state index contributed by atoms with van der Waals surface area (Å²) in [5.41, 5.74) is 0.870. The Morgan fingerprint density at radius 1 is 1.11 bits per heavy atom. The van der Waals surface area contributed by atoms with Crippen molar-refractivity contribution in [3.8, 4) is 11.3 Å². The van der Waals surface area contributed by atoms with Gasteiger partial charge < -0.3 is 19.3 Å². The number of halogens is 1. The van der Waals surface area contributed by atoms with E-state index in [1.165, 1.54) is 18.3 Å². The van der Waals surface area contributed by atoms with E-state index < -0.39 is 11.5 Å². The molecule has 8 heteroatoms. The second kappa shape index (κ2) is 5.80. The Labute approximate surface area is 151 Å². The van der Waals surface area contributed by atoms with Crippen molar-refractivity contribution in [3.63, 3.8) is 0 Å². The Morgan fingerprint density at radius 2 is 1.93 bits per heavy atom. The van der Waals surface area contributed by atoms with Crippen LogP contribution in [0.3, 0.4) is 0 Å². The Kier molecular flexibility index (Phi) is 3.40. The highest BCUT2D eigenvalue weighted by molar-refractivity contribution is 6.00. The molecule has 0 atom stereocenters. The van der Waals surface area contributed by atoms with Crippen molar-refractivity contribution in [2.75, 3.05) is 18.0 Å². The van der Waals surface area contributed by atoms with Crippen LogP contribution in [0.2, 0.25) is 0 Å². The predicted octanol–water partition coefficient (Wildman–Crippen LogP) is 2.76. The minimum atomic E-state index is -0.453. The fourth-order valence-electron chi connectivity index (χ4n) is 3.58. The Bertz CT molecular complexity index is 1300. The topological polar surface area (TPSA) is 95.0 Å². The zero-order valence-corrected chi connectivity index (χ0v) is 14.2. The molecule has 4 heterocycles. The number of benzene rings is 1. The van der Waals surface area contributed by atoms with Gasteiger partial charge in [0.1, 0.15) is 11.3 Å². The lowest BCUT2D eigenvalue weighted by molar-refractivity contribution is 0.605. The van der Waals surface area contributed by atoms with Gasteiger partial charge in [0, 0.05) is 30.9 Å². The predicted molar refractivity (Wildman–Crippen MR) is 99.6 cm³/mol. The van der Waals surface area contributed by atoms with Gasteiger partial charge in [-0.15, -0.1) is 0 Å². The molecule has 3 aromatic heterocycles. The Balaban J connectivity index is 1.68. The van der Waals surface area contributed by atoms with E-state index >= 15 is 0 Å². The summed E-state index contributed by atoms with van der Waals surface area (Å²) in [4.78, 5) is 35.5. The first-order valence-corrected chi connectivity index (χ1v) is 8.70. The van der Waals surface area contributed by atoms with Gasteiger partial charge in [-0.2, -0.15) is 0 Å². The van der Waals surface area contributed by atoms with E-state index in [0.717, 1.165) is 25.9 Å². The van der Waals surface area contributed by atoms with E-state index in [0.29, 0.717) is 27.8 Å². The average molecular weight is 366 g/mol. The number of fused-ring (bicyclic) bond motifs is 3. The Morgan fingerprint density at radius 3 is 2.70 bits per heavy atom. The number of pyridine rings is 1. The van der Waals surface area contributed by atoms with E-state index in [1.807, 2.05) is 4.90 Å². The van der Waals surface area contributed by atoms with Crippen molar-refractivity contribution in [3.05, 3.63) is 57.0 Å². The molecule has 1 fully saturated rings. The number of nitrogens with zero attached hydrogens (tertiary/aromatic N) is 2. The number of hydrogen-bond donors (Lipinski definition) is 2. The number of imidazole rings is 1. The quantitative estimate of drug-likeness (QED) is 0.569. The van der Waals surface area contributed by atoms with Crippen molar-refractivity contribution >= 4 is 27.8 Å². The third-order valence-corrected chi connectivity index (χ3v) is 4.90.